The van der Waals surface area contributed by atoms with Gasteiger partial charge in [0.1, 0.15) is 5.15 Å². The van der Waals surface area contributed by atoms with E-state index >= 15 is 0 Å². The summed E-state index contributed by atoms with van der Waals surface area (Å²) < 4.78 is 28.1. The lowest BCUT2D eigenvalue weighted by molar-refractivity contribution is 0.510. The van der Waals surface area contributed by atoms with Gasteiger partial charge < -0.3 is 0 Å². The lowest BCUT2D eigenvalue weighted by atomic mass is 10.1. The lowest BCUT2D eigenvalue weighted by Gasteiger charge is -2.08. The van der Waals surface area contributed by atoms with Crippen molar-refractivity contribution in [2.75, 3.05) is 0 Å². The number of benzene rings is 2. The average molecular weight is 370 g/mol. The Balaban J connectivity index is 2.33. The van der Waals surface area contributed by atoms with E-state index in [0.29, 0.717) is 10.9 Å². The fraction of sp³-hybridized carbons (Fsp3) is 0.0667. The van der Waals surface area contributed by atoms with Crippen LogP contribution in [0.25, 0.3) is 22.3 Å². The molecule has 1 aromatic heterocycles. The van der Waals surface area contributed by atoms with Crippen LogP contribution in [0.5, 0.6) is 0 Å². The summed E-state index contributed by atoms with van der Waals surface area (Å²) in [4.78, 5) is 8.41. The van der Waals surface area contributed by atoms with Gasteiger partial charge in [0.15, 0.2) is 17.5 Å². The van der Waals surface area contributed by atoms with E-state index in [1.165, 1.54) is 12.1 Å². The van der Waals surface area contributed by atoms with Gasteiger partial charge in [-0.15, -0.1) is 0 Å². The van der Waals surface area contributed by atoms with Gasteiger partial charge in [0.25, 0.3) is 0 Å². The van der Waals surface area contributed by atoms with E-state index in [2.05, 4.69) is 25.9 Å². The summed E-state index contributed by atoms with van der Waals surface area (Å²) in [5.74, 6) is -1.86. The first-order chi connectivity index (χ1) is 9.97. The Morgan fingerprint density at radius 3 is 2.67 bits per heavy atom. The zero-order valence-corrected chi connectivity index (χ0v) is 13.1. The highest BCUT2D eigenvalue weighted by Crippen LogP contribution is 2.30. The van der Waals surface area contributed by atoms with Crippen LogP contribution in [0.3, 0.4) is 0 Å². The number of aromatic nitrogens is 2. The molecule has 0 atom stereocenters. The highest BCUT2D eigenvalue weighted by atomic mass is 79.9. The predicted octanol–water partition coefficient (Wildman–Crippen LogP) is 5.30. The highest BCUT2D eigenvalue weighted by Gasteiger charge is 2.15. The summed E-state index contributed by atoms with van der Waals surface area (Å²) in [7, 11) is 0. The van der Waals surface area contributed by atoms with Crippen LogP contribution >= 0.6 is 27.5 Å². The van der Waals surface area contributed by atoms with E-state index in [0.717, 1.165) is 16.1 Å². The number of hydrogen-bond donors (Lipinski definition) is 0. The molecule has 0 aliphatic carbocycles. The maximum Gasteiger partial charge on any atom is 0.169 e. The van der Waals surface area contributed by atoms with Gasteiger partial charge in [-0.1, -0.05) is 33.6 Å². The maximum absolute atomic E-state index is 13.9. The van der Waals surface area contributed by atoms with Gasteiger partial charge in [-0.2, -0.15) is 0 Å². The Morgan fingerprint density at radius 2 is 1.90 bits per heavy atom. The minimum absolute atomic E-state index is 0.0129. The monoisotopic (exact) mass is 368 g/mol. The second-order valence-electron chi connectivity index (χ2n) is 4.56. The normalized spacial score (nSPS) is 11.1. The molecule has 0 saturated carbocycles. The first kappa shape index (κ1) is 14.4. The first-order valence-electron chi connectivity index (χ1n) is 6.05. The molecule has 0 N–H and O–H groups in total. The summed E-state index contributed by atoms with van der Waals surface area (Å²) in [5, 5.41) is 0.854. The maximum atomic E-state index is 13.9. The first-order valence-corrected chi connectivity index (χ1v) is 7.22. The SMILES string of the molecule is Cc1cc(Br)cc2c(Cl)nc(-c3cccc(F)c3F)nc12. The molecule has 0 spiro atoms. The van der Waals surface area contributed by atoms with Gasteiger partial charge in [-0.3, -0.25) is 0 Å². The molecular weight excluding hydrogens is 362 g/mol. The molecule has 3 rings (SSSR count). The van der Waals surface area contributed by atoms with Gasteiger partial charge in [0.05, 0.1) is 11.1 Å². The molecule has 0 radical (unpaired) electrons. The van der Waals surface area contributed by atoms with E-state index in [1.54, 1.807) is 6.07 Å². The van der Waals surface area contributed by atoms with Crippen LogP contribution in [0.2, 0.25) is 5.15 Å². The summed E-state index contributed by atoms with van der Waals surface area (Å²) >= 11 is 9.54. The molecule has 3 aromatic rings. The van der Waals surface area contributed by atoms with Crippen molar-refractivity contribution in [1.82, 2.24) is 9.97 Å². The van der Waals surface area contributed by atoms with Crippen LogP contribution in [-0.2, 0) is 0 Å². The van der Waals surface area contributed by atoms with Crippen molar-refractivity contribution in [2.45, 2.75) is 6.92 Å². The molecule has 0 saturated heterocycles. The summed E-state index contributed by atoms with van der Waals surface area (Å²) in [6.07, 6.45) is 0. The number of aryl methyl sites for hydroxylation is 1. The highest BCUT2D eigenvalue weighted by molar-refractivity contribution is 9.10. The van der Waals surface area contributed by atoms with Crippen LogP contribution < -0.4 is 0 Å². The van der Waals surface area contributed by atoms with E-state index in [4.69, 9.17) is 11.6 Å². The Hall–Kier alpha value is -1.59. The van der Waals surface area contributed by atoms with E-state index in [1.807, 2.05) is 13.0 Å². The third kappa shape index (κ3) is 2.51. The molecule has 106 valence electrons. The predicted molar refractivity (Wildman–Crippen MR) is 82.3 cm³/mol. The largest absolute Gasteiger partial charge is 0.227 e. The van der Waals surface area contributed by atoms with Crippen LogP contribution in [0.4, 0.5) is 8.78 Å². The second-order valence-corrected chi connectivity index (χ2v) is 5.83. The zero-order chi connectivity index (χ0) is 15.1. The Bertz CT molecular complexity index is 868. The summed E-state index contributed by atoms with van der Waals surface area (Å²) in [5.41, 5.74) is 1.46. The molecule has 2 aromatic carbocycles. The summed E-state index contributed by atoms with van der Waals surface area (Å²) in [6, 6.07) is 7.53. The minimum Gasteiger partial charge on any atom is -0.227 e. The molecule has 0 amide bonds. The van der Waals surface area contributed by atoms with Crippen LogP contribution in [0.15, 0.2) is 34.8 Å². The number of rotatable bonds is 1. The molecule has 0 aliphatic heterocycles. The van der Waals surface area contributed by atoms with Crippen LogP contribution in [-0.4, -0.2) is 9.97 Å². The average Bonchev–Trinajstić information content (AvgIpc) is 2.43. The van der Waals surface area contributed by atoms with Crippen molar-refractivity contribution in [3.63, 3.8) is 0 Å². The topological polar surface area (TPSA) is 25.8 Å². The molecule has 0 aliphatic rings. The van der Waals surface area contributed by atoms with Gasteiger partial charge in [-0.25, -0.2) is 18.7 Å². The smallest absolute Gasteiger partial charge is 0.169 e. The number of fused-ring (bicyclic) bond motifs is 1. The molecule has 1 heterocycles. The molecule has 6 heteroatoms. The molecule has 0 bridgehead atoms. The molecule has 2 nitrogen and oxygen atoms in total. The van der Waals surface area contributed by atoms with Crippen molar-refractivity contribution in [3.05, 3.63) is 57.2 Å². The Labute approximate surface area is 132 Å². The minimum atomic E-state index is -0.984. The third-order valence-corrected chi connectivity index (χ3v) is 3.85. The van der Waals surface area contributed by atoms with Crippen molar-refractivity contribution >= 4 is 38.4 Å². The molecular formula is C15H8BrClF2N2. The van der Waals surface area contributed by atoms with Gasteiger partial charge in [0, 0.05) is 9.86 Å². The molecule has 21 heavy (non-hydrogen) atoms. The Morgan fingerprint density at radius 1 is 1.14 bits per heavy atom. The molecule has 0 unspecified atom stereocenters. The van der Waals surface area contributed by atoms with Gasteiger partial charge in [0.2, 0.25) is 0 Å². The van der Waals surface area contributed by atoms with Crippen molar-refractivity contribution in [1.29, 1.82) is 0 Å². The van der Waals surface area contributed by atoms with Crippen molar-refractivity contribution < 1.29 is 8.78 Å². The van der Waals surface area contributed by atoms with Crippen LogP contribution in [0.1, 0.15) is 5.56 Å². The van der Waals surface area contributed by atoms with Crippen molar-refractivity contribution in [3.8, 4) is 11.4 Å². The standard InChI is InChI=1S/C15H8BrClF2N2/c1-7-5-8(16)6-10-13(7)20-15(21-14(10)17)9-3-2-4-11(18)12(9)19/h2-6H,1H3. The zero-order valence-electron chi connectivity index (χ0n) is 10.8. The third-order valence-electron chi connectivity index (χ3n) is 3.10. The number of nitrogens with zero attached hydrogens (tertiary/aromatic N) is 2. The fourth-order valence-corrected chi connectivity index (χ4v) is 2.92. The summed E-state index contributed by atoms with van der Waals surface area (Å²) in [6.45, 7) is 1.86. The fourth-order valence-electron chi connectivity index (χ4n) is 2.12. The van der Waals surface area contributed by atoms with E-state index < -0.39 is 11.6 Å². The second kappa shape index (κ2) is 5.31. The van der Waals surface area contributed by atoms with Crippen LogP contribution in [0, 0.1) is 18.6 Å². The lowest BCUT2D eigenvalue weighted by Crippen LogP contribution is -1.97. The Kier molecular flexibility index (Phi) is 3.63. The van der Waals surface area contributed by atoms with Gasteiger partial charge in [-0.05, 0) is 36.8 Å². The van der Waals surface area contributed by atoms with Gasteiger partial charge >= 0.3 is 0 Å². The van der Waals surface area contributed by atoms with Crippen molar-refractivity contribution in [2.24, 2.45) is 0 Å². The number of halogens is 4. The quantitative estimate of drug-likeness (QED) is 0.544. The number of hydrogen-bond acceptors (Lipinski definition) is 2. The van der Waals surface area contributed by atoms with E-state index in [-0.39, 0.29) is 16.5 Å². The van der Waals surface area contributed by atoms with E-state index in [9.17, 15) is 8.78 Å². The molecule has 0 fully saturated rings.